The molecule has 0 aliphatic carbocycles. The molecule has 0 radical (unpaired) electrons. The van der Waals surface area contributed by atoms with Crippen molar-refractivity contribution in [1.29, 1.82) is 0 Å². The zero-order valence-electron chi connectivity index (χ0n) is 11.5. The molecule has 0 bridgehead atoms. The summed E-state index contributed by atoms with van der Waals surface area (Å²) < 4.78 is 10.3. The van der Waals surface area contributed by atoms with Gasteiger partial charge in [-0.05, 0) is 12.8 Å². The molecule has 0 saturated carbocycles. The van der Waals surface area contributed by atoms with Gasteiger partial charge < -0.3 is 20.1 Å². The fraction of sp³-hybridized carbons (Fsp3) is 0.923. The van der Waals surface area contributed by atoms with Crippen molar-refractivity contribution in [3.8, 4) is 0 Å². The van der Waals surface area contributed by atoms with Gasteiger partial charge in [-0.1, -0.05) is 6.92 Å². The summed E-state index contributed by atoms with van der Waals surface area (Å²) in [5.41, 5.74) is 5.84. The smallest absolute Gasteiger partial charge is 0.310 e. The summed E-state index contributed by atoms with van der Waals surface area (Å²) in [4.78, 5) is 14.3. The molecule has 2 aliphatic rings. The number of carbonyl (C=O) groups is 1. The van der Waals surface area contributed by atoms with Crippen LogP contribution < -0.4 is 5.73 Å². The summed E-state index contributed by atoms with van der Waals surface area (Å²) in [7, 11) is 1.46. The molecule has 2 saturated heterocycles. The Morgan fingerprint density at radius 3 is 2.67 bits per heavy atom. The maximum Gasteiger partial charge on any atom is 0.310 e. The van der Waals surface area contributed by atoms with E-state index in [1.807, 2.05) is 6.92 Å². The lowest BCUT2D eigenvalue weighted by Crippen LogP contribution is -2.64. The Morgan fingerprint density at radius 1 is 1.56 bits per heavy atom. The first kappa shape index (κ1) is 13.8. The van der Waals surface area contributed by atoms with E-state index in [-0.39, 0.29) is 23.3 Å². The Morgan fingerprint density at radius 2 is 2.22 bits per heavy atom. The average molecular weight is 256 g/mol. The first-order chi connectivity index (χ1) is 8.49. The van der Waals surface area contributed by atoms with Crippen molar-refractivity contribution < 1.29 is 14.3 Å². The third kappa shape index (κ3) is 2.27. The summed E-state index contributed by atoms with van der Waals surface area (Å²) in [5, 5.41) is 0. The van der Waals surface area contributed by atoms with Gasteiger partial charge in [0.15, 0.2) is 0 Å². The van der Waals surface area contributed by atoms with Crippen molar-refractivity contribution in [2.45, 2.75) is 19.9 Å². The SMILES string of the molecule is COC(=O)C1CN(CC(C)N)CC(C)C12COC2. The number of hydrogen-bond acceptors (Lipinski definition) is 5. The Hall–Kier alpha value is -0.650. The van der Waals surface area contributed by atoms with Crippen LogP contribution in [0, 0.1) is 17.3 Å². The van der Waals surface area contributed by atoms with Gasteiger partial charge in [0.25, 0.3) is 0 Å². The van der Waals surface area contributed by atoms with E-state index in [1.54, 1.807) is 0 Å². The van der Waals surface area contributed by atoms with Crippen LogP contribution in [0.5, 0.6) is 0 Å². The van der Waals surface area contributed by atoms with Crippen molar-refractivity contribution in [2.75, 3.05) is 40.0 Å². The first-order valence-corrected chi connectivity index (χ1v) is 6.63. The fourth-order valence-electron chi connectivity index (χ4n) is 3.26. The Bertz CT molecular complexity index is 315. The quantitative estimate of drug-likeness (QED) is 0.725. The lowest BCUT2D eigenvalue weighted by atomic mass is 9.63. The molecule has 2 fully saturated rings. The third-order valence-corrected chi connectivity index (χ3v) is 4.42. The van der Waals surface area contributed by atoms with Gasteiger partial charge in [0, 0.05) is 31.1 Å². The summed E-state index contributed by atoms with van der Waals surface area (Å²) >= 11 is 0. The van der Waals surface area contributed by atoms with Gasteiger partial charge in [0.05, 0.1) is 26.2 Å². The molecular weight excluding hydrogens is 232 g/mol. The zero-order chi connectivity index (χ0) is 13.3. The molecule has 2 N–H and O–H groups in total. The van der Waals surface area contributed by atoms with Gasteiger partial charge in [-0.3, -0.25) is 4.79 Å². The molecule has 18 heavy (non-hydrogen) atoms. The molecular formula is C13H24N2O3. The number of likely N-dealkylation sites (tertiary alicyclic amines) is 1. The third-order valence-electron chi connectivity index (χ3n) is 4.42. The Balaban J connectivity index is 2.12. The molecule has 2 rings (SSSR count). The Labute approximate surface area is 109 Å². The highest BCUT2D eigenvalue weighted by Gasteiger charge is 2.56. The highest BCUT2D eigenvalue weighted by Crippen LogP contribution is 2.46. The topological polar surface area (TPSA) is 64.8 Å². The van der Waals surface area contributed by atoms with Crippen LogP contribution in [0.1, 0.15) is 13.8 Å². The highest BCUT2D eigenvalue weighted by molar-refractivity contribution is 5.74. The van der Waals surface area contributed by atoms with E-state index < -0.39 is 0 Å². The predicted octanol–water partition coefficient (Wildman–Crippen LogP) is 0.0911. The molecule has 3 atom stereocenters. The summed E-state index contributed by atoms with van der Waals surface area (Å²) in [6.45, 7) is 8.11. The number of piperidine rings is 1. The summed E-state index contributed by atoms with van der Waals surface area (Å²) in [6.07, 6.45) is 0. The van der Waals surface area contributed by atoms with Crippen molar-refractivity contribution in [2.24, 2.45) is 23.0 Å². The highest BCUT2D eigenvalue weighted by atomic mass is 16.5. The predicted molar refractivity (Wildman–Crippen MR) is 68.0 cm³/mol. The number of ether oxygens (including phenoxy) is 2. The molecule has 0 aromatic rings. The van der Waals surface area contributed by atoms with Gasteiger partial charge in [-0.2, -0.15) is 0 Å². The van der Waals surface area contributed by atoms with Crippen LogP contribution in [0.2, 0.25) is 0 Å². The maximum absolute atomic E-state index is 12.0. The van der Waals surface area contributed by atoms with E-state index in [1.165, 1.54) is 7.11 Å². The molecule has 0 amide bonds. The van der Waals surface area contributed by atoms with Crippen LogP contribution >= 0.6 is 0 Å². The van der Waals surface area contributed by atoms with Crippen molar-refractivity contribution in [3.63, 3.8) is 0 Å². The second kappa shape index (κ2) is 5.15. The minimum Gasteiger partial charge on any atom is -0.469 e. The average Bonchev–Trinajstić information content (AvgIpc) is 2.24. The van der Waals surface area contributed by atoms with E-state index in [0.29, 0.717) is 19.1 Å². The van der Waals surface area contributed by atoms with Crippen molar-refractivity contribution >= 4 is 5.97 Å². The molecule has 2 heterocycles. The van der Waals surface area contributed by atoms with Crippen LogP contribution in [0.15, 0.2) is 0 Å². The molecule has 5 nitrogen and oxygen atoms in total. The molecule has 104 valence electrons. The molecule has 1 spiro atoms. The maximum atomic E-state index is 12.0. The number of nitrogens with zero attached hydrogens (tertiary/aromatic N) is 1. The van der Waals surface area contributed by atoms with E-state index in [0.717, 1.165) is 19.6 Å². The van der Waals surface area contributed by atoms with Gasteiger partial charge >= 0.3 is 5.97 Å². The number of methoxy groups -OCH3 is 1. The van der Waals surface area contributed by atoms with Crippen LogP contribution in [-0.4, -0.2) is 56.9 Å². The standard InChI is InChI=1S/C13H24N2O3/c1-9-4-15(5-10(2)14)6-11(12(16)17-3)13(9)7-18-8-13/h9-11H,4-8,14H2,1-3H3. The Kier molecular flexibility index (Phi) is 3.94. The minimum atomic E-state index is -0.112. The van der Waals surface area contributed by atoms with E-state index in [4.69, 9.17) is 15.2 Å². The lowest BCUT2D eigenvalue weighted by Gasteiger charge is -2.55. The number of rotatable bonds is 3. The molecule has 0 aromatic carbocycles. The van der Waals surface area contributed by atoms with Crippen molar-refractivity contribution in [1.82, 2.24) is 4.90 Å². The van der Waals surface area contributed by atoms with Gasteiger partial charge in [-0.15, -0.1) is 0 Å². The van der Waals surface area contributed by atoms with E-state index in [9.17, 15) is 4.79 Å². The normalized spacial score (nSPS) is 32.9. The minimum absolute atomic E-state index is 0.0125. The molecule has 0 aromatic heterocycles. The zero-order valence-corrected chi connectivity index (χ0v) is 11.5. The first-order valence-electron chi connectivity index (χ1n) is 6.63. The van der Waals surface area contributed by atoms with Gasteiger partial charge in [0.1, 0.15) is 0 Å². The van der Waals surface area contributed by atoms with Crippen LogP contribution in [-0.2, 0) is 14.3 Å². The second-order valence-corrected chi connectivity index (χ2v) is 5.90. The van der Waals surface area contributed by atoms with Gasteiger partial charge in [0.2, 0.25) is 0 Å². The molecule has 3 unspecified atom stereocenters. The fourth-order valence-corrected chi connectivity index (χ4v) is 3.26. The number of carbonyl (C=O) groups excluding carboxylic acids is 1. The van der Waals surface area contributed by atoms with Crippen LogP contribution in [0.25, 0.3) is 0 Å². The second-order valence-electron chi connectivity index (χ2n) is 5.90. The molecule has 5 heteroatoms. The van der Waals surface area contributed by atoms with Gasteiger partial charge in [-0.25, -0.2) is 0 Å². The number of esters is 1. The van der Waals surface area contributed by atoms with Crippen LogP contribution in [0.4, 0.5) is 0 Å². The van der Waals surface area contributed by atoms with Crippen molar-refractivity contribution in [3.05, 3.63) is 0 Å². The lowest BCUT2D eigenvalue weighted by molar-refractivity contribution is -0.211. The number of hydrogen-bond donors (Lipinski definition) is 1. The largest absolute Gasteiger partial charge is 0.469 e. The van der Waals surface area contributed by atoms with E-state index >= 15 is 0 Å². The number of nitrogens with two attached hydrogens (primary N) is 1. The summed E-state index contributed by atoms with van der Waals surface area (Å²) in [5.74, 6) is 0.237. The van der Waals surface area contributed by atoms with Crippen LogP contribution in [0.3, 0.4) is 0 Å². The van der Waals surface area contributed by atoms with E-state index in [2.05, 4.69) is 11.8 Å². The summed E-state index contributed by atoms with van der Waals surface area (Å²) in [6, 6.07) is 0.127. The molecule has 2 aliphatic heterocycles. The monoisotopic (exact) mass is 256 g/mol.